The minimum atomic E-state index is 0.114. The number of nitrogens with zero attached hydrogens (tertiary/aromatic N) is 1. The van der Waals surface area contributed by atoms with E-state index in [0.717, 1.165) is 18.7 Å². The number of rotatable bonds is 6. The van der Waals surface area contributed by atoms with Crippen molar-refractivity contribution in [3.8, 4) is 0 Å². The molecule has 1 heterocycles. The second kappa shape index (κ2) is 5.61. The van der Waals surface area contributed by atoms with Crippen LogP contribution < -0.4 is 5.32 Å². The van der Waals surface area contributed by atoms with Crippen LogP contribution in [0.4, 0.5) is 0 Å². The Labute approximate surface area is 97.1 Å². The third-order valence-corrected chi connectivity index (χ3v) is 3.99. The summed E-state index contributed by atoms with van der Waals surface area (Å²) in [5.74, 6) is 0. The molecule has 15 heavy (non-hydrogen) atoms. The summed E-state index contributed by atoms with van der Waals surface area (Å²) in [5.41, 5.74) is 1.25. The fourth-order valence-corrected chi connectivity index (χ4v) is 3.14. The van der Waals surface area contributed by atoms with Gasteiger partial charge in [0.15, 0.2) is 0 Å². The number of hydrogen-bond acceptors (Lipinski definition) is 3. The van der Waals surface area contributed by atoms with E-state index >= 15 is 0 Å². The van der Waals surface area contributed by atoms with Crippen molar-refractivity contribution in [1.29, 1.82) is 0 Å². The summed E-state index contributed by atoms with van der Waals surface area (Å²) in [7, 11) is 0. The van der Waals surface area contributed by atoms with Gasteiger partial charge in [0.25, 0.3) is 0 Å². The topological polar surface area (TPSA) is 24.9 Å². The van der Waals surface area contributed by atoms with Crippen LogP contribution in [0.25, 0.3) is 0 Å². The van der Waals surface area contributed by atoms with Crippen molar-refractivity contribution in [3.05, 3.63) is 16.1 Å². The molecule has 0 aliphatic heterocycles. The summed E-state index contributed by atoms with van der Waals surface area (Å²) in [6.07, 6.45) is 3.48. The van der Waals surface area contributed by atoms with Crippen molar-refractivity contribution in [2.45, 2.75) is 52.5 Å². The number of aryl methyl sites for hydroxylation is 1. The third-order valence-electron chi connectivity index (χ3n) is 2.82. The molecule has 1 rings (SSSR count). The van der Waals surface area contributed by atoms with Crippen molar-refractivity contribution >= 4 is 11.3 Å². The molecule has 0 saturated carbocycles. The molecule has 0 fully saturated rings. The first kappa shape index (κ1) is 12.7. The minimum Gasteiger partial charge on any atom is -0.306 e. The molecule has 0 spiro atoms. The maximum absolute atomic E-state index is 4.65. The lowest BCUT2D eigenvalue weighted by molar-refractivity contribution is 0.299. The average molecular weight is 226 g/mol. The van der Waals surface area contributed by atoms with Gasteiger partial charge in [0, 0.05) is 11.1 Å². The first-order chi connectivity index (χ1) is 7.18. The highest BCUT2D eigenvalue weighted by Crippen LogP contribution is 2.32. The van der Waals surface area contributed by atoms with Crippen molar-refractivity contribution in [3.63, 3.8) is 0 Å². The van der Waals surface area contributed by atoms with Gasteiger partial charge in [-0.1, -0.05) is 27.2 Å². The normalized spacial score (nSPS) is 15.2. The molecule has 1 N–H and O–H groups in total. The Bertz CT molecular complexity index is 288. The van der Waals surface area contributed by atoms with Crippen LogP contribution in [0.15, 0.2) is 5.38 Å². The summed E-state index contributed by atoms with van der Waals surface area (Å²) >= 11 is 1.79. The lowest BCUT2D eigenvalue weighted by Gasteiger charge is -2.31. The molecular weight excluding hydrogens is 204 g/mol. The van der Waals surface area contributed by atoms with Crippen molar-refractivity contribution in [1.82, 2.24) is 10.3 Å². The van der Waals surface area contributed by atoms with E-state index in [-0.39, 0.29) is 5.54 Å². The standard InChI is InChI=1S/C12H22N2S/c1-5-8-12(6-2,13-7-3)11-14-10(4)9-15-11/h9,13H,5-8H2,1-4H3. The minimum absolute atomic E-state index is 0.114. The van der Waals surface area contributed by atoms with E-state index in [1.54, 1.807) is 11.3 Å². The van der Waals surface area contributed by atoms with E-state index in [2.05, 4.69) is 43.4 Å². The highest BCUT2D eigenvalue weighted by atomic mass is 32.1. The lowest BCUT2D eigenvalue weighted by atomic mass is 9.91. The van der Waals surface area contributed by atoms with Crippen molar-refractivity contribution in [2.24, 2.45) is 0 Å². The molecule has 3 heteroatoms. The maximum Gasteiger partial charge on any atom is 0.113 e. The van der Waals surface area contributed by atoms with Gasteiger partial charge in [-0.05, 0) is 26.3 Å². The van der Waals surface area contributed by atoms with Gasteiger partial charge < -0.3 is 5.32 Å². The number of hydrogen-bond donors (Lipinski definition) is 1. The summed E-state index contributed by atoms with van der Waals surface area (Å²) in [4.78, 5) is 4.65. The average Bonchev–Trinajstić information content (AvgIpc) is 2.65. The van der Waals surface area contributed by atoms with Crippen LogP contribution in [-0.2, 0) is 5.54 Å². The van der Waals surface area contributed by atoms with Gasteiger partial charge in [0.1, 0.15) is 5.01 Å². The summed E-state index contributed by atoms with van der Waals surface area (Å²) in [6.45, 7) is 9.72. The van der Waals surface area contributed by atoms with Crippen LogP contribution in [-0.4, -0.2) is 11.5 Å². The Morgan fingerprint density at radius 1 is 1.40 bits per heavy atom. The molecule has 0 radical (unpaired) electrons. The predicted octanol–water partition coefficient (Wildman–Crippen LogP) is 3.47. The van der Waals surface area contributed by atoms with E-state index in [4.69, 9.17) is 0 Å². The van der Waals surface area contributed by atoms with Crippen molar-refractivity contribution < 1.29 is 0 Å². The van der Waals surface area contributed by atoms with E-state index in [0.29, 0.717) is 0 Å². The van der Waals surface area contributed by atoms with Crippen LogP contribution in [0.2, 0.25) is 0 Å². The Balaban J connectivity index is 2.96. The van der Waals surface area contributed by atoms with Gasteiger partial charge in [0.2, 0.25) is 0 Å². The monoisotopic (exact) mass is 226 g/mol. The lowest BCUT2D eigenvalue weighted by Crippen LogP contribution is -2.41. The highest BCUT2D eigenvalue weighted by molar-refractivity contribution is 7.09. The van der Waals surface area contributed by atoms with E-state index in [1.165, 1.54) is 17.8 Å². The van der Waals surface area contributed by atoms with Crippen LogP contribution in [0.3, 0.4) is 0 Å². The van der Waals surface area contributed by atoms with Gasteiger partial charge >= 0.3 is 0 Å². The third kappa shape index (κ3) is 2.79. The van der Waals surface area contributed by atoms with E-state index < -0.39 is 0 Å². The van der Waals surface area contributed by atoms with Gasteiger partial charge in [0.05, 0.1) is 5.54 Å². The second-order valence-corrected chi connectivity index (χ2v) is 4.87. The number of nitrogens with one attached hydrogen (secondary N) is 1. The van der Waals surface area contributed by atoms with Crippen molar-refractivity contribution in [2.75, 3.05) is 6.54 Å². The quantitative estimate of drug-likeness (QED) is 0.803. The highest BCUT2D eigenvalue weighted by Gasteiger charge is 2.31. The molecule has 0 aliphatic carbocycles. The molecule has 86 valence electrons. The zero-order valence-corrected chi connectivity index (χ0v) is 11.1. The predicted molar refractivity (Wildman–Crippen MR) is 67.4 cm³/mol. The van der Waals surface area contributed by atoms with Crippen LogP contribution in [0.1, 0.15) is 50.7 Å². The van der Waals surface area contributed by atoms with E-state index in [1.807, 2.05) is 0 Å². The van der Waals surface area contributed by atoms with Gasteiger partial charge in [-0.15, -0.1) is 11.3 Å². The Kier molecular flexibility index (Phi) is 4.74. The number of aromatic nitrogens is 1. The van der Waals surface area contributed by atoms with Crippen LogP contribution in [0.5, 0.6) is 0 Å². The molecule has 1 unspecified atom stereocenters. The van der Waals surface area contributed by atoms with Crippen LogP contribution in [0, 0.1) is 6.92 Å². The SMILES string of the molecule is CCCC(CC)(NCC)c1nc(C)cs1. The zero-order valence-electron chi connectivity index (χ0n) is 10.3. The summed E-state index contributed by atoms with van der Waals surface area (Å²) in [5, 5.41) is 7.03. The van der Waals surface area contributed by atoms with Gasteiger partial charge in [-0.25, -0.2) is 4.98 Å². The fourth-order valence-electron chi connectivity index (χ4n) is 2.06. The number of thiazole rings is 1. The second-order valence-electron chi connectivity index (χ2n) is 4.01. The fraction of sp³-hybridized carbons (Fsp3) is 0.750. The first-order valence-electron chi connectivity index (χ1n) is 5.86. The Hall–Kier alpha value is -0.410. The maximum atomic E-state index is 4.65. The largest absolute Gasteiger partial charge is 0.306 e. The molecule has 1 aromatic rings. The summed E-state index contributed by atoms with van der Waals surface area (Å²) < 4.78 is 0. The molecule has 0 amide bonds. The molecule has 0 aromatic carbocycles. The molecule has 1 atom stereocenters. The van der Waals surface area contributed by atoms with Crippen LogP contribution >= 0.6 is 11.3 Å². The molecule has 0 aliphatic rings. The van der Waals surface area contributed by atoms with E-state index in [9.17, 15) is 0 Å². The zero-order chi connectivity index (χ0) is 11.3. The molecule has 1 aromatic heterocycles. The smallest absolute Gasteiger partial charge is 0.113 e. The molecule has 2 nitrogen and oxygen atoms in total. The molecule has 0 bridgehead atoms. The molecular formula is C12H22N2S. The molecule has 0 saturated heterocycles. The van der Waals surface area contributed by atoms with Gasteiger partial charge in [-0.2, -0.15) is 0 Å². The van der Waals surface area contributed by atoms with Gasteiger partial charge in [-0.3, -0.25) is 0 Å². The first-order valence-corrected chi connectivity index (χ1v) is 6.74. The Morgan fingerprint density at radius 2 is 2.13 bits per heavy atom. The Morgan fingerprint density at radius 3 is 2.53 bits per heavy atom. The summed E-state index contributed by atoms with van der Waals surface area (Å²) in [6, 6.07) is 0.